The maximum Gasteiger partial charge on any atom is 0.247 e. The van der Waals surface area contributed by atoms with Crippen molar-refractivity contribution in [3.05, 3.63) is 125 Å². The van der Waals surface area contributed by atoms with Gasteiger partial charge in [-0.3, -0.25) is 19.6 Å². The highest BCUT2D eigenvalue weighted by molar-refractivity contribution is 5.93. The highest BCUT2D eigenvalue weighted by atomic mass is 16.7. The molecule has 3 unspecified atom stereocenters. The summed E-state index contributed by atoms with van der Waals surface area (Å²) in [4.78, 5) is 41.5. The minimum Gasteiger partial charge on any atom is -0.392 e. The van der Waals surface area contributed by atoms with Crippen LogP contribution < -0.4 is 21.0 Å². The van der Waals surface area contributed by atoms with Crippen molar-refractivity contribution in [1.29, 1.82) is 0 Å². The largest absolute Gasteiger partial charge is 0.392 e. The SMILES string of the molecule is O=C(CCCCCC(=O)NCc1cccc(-c2ccc(C3OC(CN4CCC5(CC4)C(=O)NCN5c4ccccc4)CC(c4ccc(CO)cc4)O3)cc2)c1)NO. The van der Waals surface area contributed by atoms with Gasteiger partial charge < -0.3 is 35.0 Å². The molecule has 3 atom stereocenters. The van der Waals surface area contributed by atoms with Crippen molar-refractivity contribution >= 4 is 23.4 Å². The van der Waals surface area contributed by atoms with E-state index in [1.165, 1.54) is 0 Å². The number of nitrogens with zero attached hydrogens (tertiary/aromatic N) is 2. The molecule has 12 heteroatoms. The smallest absolute Gasteiger partial charge is 0.247 e. The maximum atomic E-state index is 13.3. The molecule has 12 nitrogen and oxygen atoms in total. The first-order valence-corrected chi connectivity index (χ1v) is 20.1. The highest BCUT2D eigenvalue weighted by Gasteiger charge is 2.50. The molecule has 3 aliphatic heterocycles. The van der Waals surface area contributed by atoms with Crippen molar-refractivity contribution in [2.75, 3.05) is 31.2 Å². The molecule has 0 aliphatic carbocycles. The quantitative estimate of drug-likeness (QED) is 0.0566. The van der Waals surface area contributed by atoms with Crippen LogP contribution in [0.1, 0.15) is 86.0 Å². The topological polar surface area (TPSA) is 153 Å². The summed E-state index contributed by atoms with van der Waals surface area (Å²) in [7, 11) is 0. The molecule has 1 spiro atoms. The average molecular weight is 776 g/mol. The lowest BCUT2D eigenvalue weighted by molar-refractivity contribution is -0.253. The van der Waals surface area contributed by atoms with Gasteiger partial charge in [0.05, 0.1) is 25.5 Å². The Morgan fingerprint density at radius 2 is 1.51 bits per heavy atom. The number of para-hydroxylation sites is 1. The van der Waals surface area contributed by atoms with Crippen LogP contribution >= 0.6 is 0 Å². The summed E-state index contributed by atoms with van der Waals surface area (Å²) in [6, 6.07) is 34.5. The van der Waals surface area contributed by atoms with Crippen LogP contribution in [0.2, 0.25) is 0 Å². The molecule has 7 rings (SSSR count). The second kappa shape index (κ2) is 18.9. The number of unbranched alkanes of at least 4 members (excludes halogenated alkanes) is 2. The van der Waals surface area contributed by atoms with E-state index in [2.05, 4.69) is 69.0 Å². The van der Waals surface area contributed by atoms with Crippen LogP contribution in [-0.4, -0.2) is 70.9 Å². The number of likely N-dealkylation sites (tertiary alicyclic amines) is 1. The Labute approximate surface area is 334 Å². The number of carbonyl (C=O) groups is 3. The van der Waals surface area contributed by atoms with E-state index in [1.807, 2.05) is 54.6 Å². The van der Waals surface area contributed by atoms with Crippen molar-refractivity contribution in [3.63, 3.8) is 0 Å². The number of rotatable bonds is 15. The molecule has 4 aromatic rings. The maximum absolute atomic E-state index is 13.3. The van der Waals surface area contributed by atoms with Gasteiger partial charge >= 0.3 is 0 Å². The van der Waals surface area contributed by atoms with E-state index in [0.29, 0.717) is 38.9 Å². The average Bonchev–Trinajstić information content (AvgIpc) is 3.57. The molecule has 300 valence electrons. The van der Waals surface area contributed by atoms with Crippen LogP contribution in [0, 0.1) is 0 Å². The summed E-state index contributed by atoms with van der Waals surface area (Å²) < 4.78 is 13.4. The van der Waals surface area contributed by atoms with Gasteiger partial charge in [0.25, 0.3) is 0 Å². The lowest BCUT2D eigenvalue weighted by atomic mass is 9.85. The van der Waals surface area contributed by atoms with Crippen molar-refractivity contribution < 1.29 is 34.2 Å². The van der Waals surface area contributed by atoms with Gasteiger partial charge in [-0.15, -0.1) is 0 Å². The Morgan fingerprint density at radius 3 is 2.23 bits per heavy atom. The number of aliphatic hydroxyl groups is 1. The Kier molecular flexibility index (Phi) is 13.3. The Balaban J connectivity index is 0.984. The molecule has 0 radical (unpaired) electrons. The van der Waals surface area contributed by atoms with Crippen LogP contribution in [0.25, 0.3) is 11.1 Å². The molecule has 0 bridgehead atoms. The Bertz CT molecular complexity index is 1950. The number of aliphatic hydroxyl groups excluding tert-OH is 1. The number of nitrogens with one attached hydrogen (secondary N) is 3. The zero-order valence-electron chi connectivity index (χ0n) is 32.3. The summed E-state index contributed by atoms with van der Waals surface area (Å²) in [6.45, 7) is 3.20. The fraction of sp³-hybridized carbons (Fsp3) is 0.400. The van der Waals surface area contributed by atoms with Crippen molar-refractivity contribution in [3.8, 4) is 11.1 Å². The molecule has 57 heavy (non-hydrogen) atoms. The number of hydrogen-bond acceptors (Lipinski definition) is 9. The van der Waals surface area contributed by atoms with E-state index < -0.39 is 17.7 Å². The van der Waals surface area contributed by atoms with Crippen molar-refractivity contribution in [1.82, 2.24) is 21.0 Å². The molecule has 3 saturated heterocycles. The number of carbonyl (C=O) groups excluding carboxylic acids is 3. The second-order valence-corrected chi connectivity index (χ2v) is 15.3. The molecule has 3 fully saturated rings. The van der Waals surface area contributed by atoms with Gasteiger partial charge in [-0.2, -0.15) is 0 Å². The van der Waals surface area contributed by atoms with Gasteiger partial charge in [0, 0.05) is 56.7 Å². The summed E-state index contributed by atoms with van der Waals surface area (Å²) >= 11 is 0. The van der Waals surface area contributed by atoms with E-state index >= 15 is 0 Å². The number of hydrogen-bond donors (Lipinski definition) is 5. The highest BCUT2D eigenvalue weighted by Crippen LogP contribution is 2.40. The first-order valence-electron chi connectivity index (χ1n) is 20.1. The minimum atomic E-state index is -0.584. The van der Waals surface area contributed by atoms with E-state index in [0.717, 1.165) is 78.0 Å². The van der Waals surface area contributed by atoms with Gasteiger partial charge in [-0.05, 0) is 71.7 Å². The third kappa shape index (κ3) is 9.89. The number of piperidine rings is 1. The van der Waals surface area contributed by atoms with Gasteiger partial charge in [0.1, 0.15) is 5.54 Å². The summed E-state index contributed by atoms with van der Waals surface area (Å²) in [6.07, 6.45) is 3.90. The normalized spacial score (nSPS) is 20.6. The fourth-order valence-corrected chi connectivity index (χ4v) is 8.25. The molecule has 5 N–H and O–H groups in total. The van der Waals surface area contributed by atoms with Gasteiger partial charge in [0.15, 0.2) is 6.29 Å². The van der Waals surface area contributed by atoms with E-state index in [1.54, 1.807) is 5.48 Å². The van der Waals surface area contributed by atoms with Crippen LogP contribution in [0.3, 0.4) is 0 Å². The number of ether oxygens (including phenoxy) is 2. The summed E-state index contributed by atoms with van der Waals surface area (Å²) in [5, 5.41) is 24.3. The predicted octanol–water partition coefficient (Wildman–Crippen LogP) is 5.89. The Hall–Kier alpha value is -5.11. The van der Waals surface area contributed by atoms with E-state index in [-0.39, 0.29) is 37.0 Å². The van der Waals surface area contributed by atoms with Crippen LogP contribution in [0.4, 0.5) is 5.69 Å². The number of amides is 3. The van der Waals surface area contributed by atoms with Crippen molar-refractivity contribution in [2.24, 2.45) is 0 Å². The third-order valence-corrected chi connectivity index (χ3v) is 11.5. The molecule has 4 aromatic carbocycles. The minimum absolute atomic E-state index is 0.0171. The number of benzene rings is 4. The zero-order chi connectivity index (χ0) is 39.6. The van der Waals surface area contributed by atoms with Crippen molar-refractivity contribution in [2.45, 2.75) is 88.6 Å². The zero-order valence-corrected chi connectivity index (χ0v) is 32.3. The molecule has 0 aromatic heterocycles. The molecule has 0 saturated carbocycles. The molecular formula is C45H53N5O7. The van der Waals surface area contributed by atoms with Gasteiger partial charge in [0.2, 0.25) is 17.7 Å². The van der Waals surface area contributed by atoms with E-state index in [4.69, 9.17) is 14.7 Å². The van der Waals surface area contributed by atoms with Gasteiger partial charge in [-0.25, -0.2) is 5.48 Å². The lowest BCUT2D eigenvalue weighted by Gasteiger charge is -2.45. The van der Waals surface area contributed by atoms with Crippen LogP contribution in [-0.2, 0) is 37.0 Å². The fourth-order valence-electron chi connectivity index (χ4n) is 8.25. The molecule has 3 amide bonds. The summed E-state index contributed by atoms with van der Waals surface area (Å²) in [5.74, 6) is -0.344. The first-order chi connectivity index (χ1) is 27.8. The third-order valence-electron chi connectivity index (χ3n) is 11.5. The molecular weight excluding hydrogens is 723 g/mol. The predicted molar refractivity (Wildman–Crippen MR) is 215 cm³/mol. The first kappa shape index (κ1) is 40.1. The Morgan fingerprint density at radius 1 is 0.789 bits per heavy atom. The monoisotopic (exact) mass is 775 g/mol. The number of hydroxylamine groups is 1. The standard InChI is InChI=1S/C45H53N5O7/c51-30-32-14-16-35(17-15-32)40-27-39(29-49-24-22-45(23-25-49)44(54)47-31-50(45)38-10-3-1-4-11-38)56-43(57-40)36-20-18-34(19-21-36)37-9-7-8-33(26-37)28-46-41(52)12-5-2-6-13-42(53)48-55/h1,3-4,7-11,14-21,26,39-40,43,51,55H,2,5-6,12-13,22-25,27-31H2,(H,46,52)(H,47,54)(H,48,53). The lowest BCUT2D eigenvalue weighted by Crippen LogP contribution is -2.57. The van der Waals surface area contributed by atoms with Crippen LogP contribution in [0.15, 0.2) is 103 Å². The van der Waals surface area contributed by atoms with E-state index in [9.17, 15) is 19.5 Å². The number of anilines is 1. The summed E-state index contributed by atoms with van der Waals surface area (Å²) in [5.41, 5.74) is 8.00. The molecule has 3 aliphatic rings. The van der Waals surface area contributed by atoms with Gasteiger partial charge in [-0.1, -0.05) is 91.3 Å². The van der Waals surface area contributed by atoms with Crippen LogP contribution in [0.5, 0.6) is 0 Å². The molecule has 3 heterocycles. The second-order valence-electron chi connectivity index (χ2n) is 15.3.